The number of pyridine rings is 1. The molecule has 3 heterocycles. The number of benzene rings is 2. The Morgan fingerprint density at radius 1 is 1.12 bits per heavy atom. The van der Waals surface area contributed by atoms with Crippen LogP contribution in [0.15, 0.2) is 53.5 Å². The normalized spacial score (nSPS) is 14.3. The van der Waals surface area contributed by atoms with Gasteiger partial charge in [-0.3, -0.25) is 4.79 Å². The van der Waals surface area contributed by atoms with Gasteiger partial charge in [0.2, 0.25) is 10.0 Å². The predicted molar refractivity (Wildman–Crippen MR) is 167 cm³/mol. The van der Waals surface area contributed by atoms with Crippen LogP contribution in [0, 0.1) is 17.1 Å². The van der Waals surface area contributed by atoms with Crippen molar-refractivity contribution < 1.29 is 12.8 Å². The van der Waals surface area contributed by atoms with Crippen molar-refractivity contribution in [3.8, 4) is 17.3 Å². The second-order valence-electron chi connectivity index (χ2n) is 9.93. The zero-order valence-corrected chi connectivity index (χ0v) is 25.6. The van der Waals surface area contributed by atoms with Gasteiger partial charge >= 0.3 is 0 Å². The average Bonchev–Trinajstić information content (AvgIpc) is 3.45. The number of alkyl halides is 1. The number of hydrogen-bond acceptors (Lipinski definition) is 8. The highest BCUT2D eigenvalue weighted by Gasteiger charge is 2.27. The number of fused-ring (bicyclic) bond motifs is 1. The van der Waals surface area contributed by atoms with Gasteiger partial charge in [-0.2, -0.15) is 9.57 Å². The highest BCUT2D eigenvalue weighted by molar-refractivity contribution is 7.89. The van der Waals surface area contributed by atoms with Gasteiger partial charge in [-0.1, -0.05) is 11.3 Å². The number of nitriles is 1. The fourth-order valence-corrected chi connectivity index (χ4v) is 7.72. The van der Waals surface area contributed by atoms with Gasteiger partial charge in [-0.15, -0.1) is 11.6 Å². The van der Waals surface area contributed by atoms with Crippen molar-refractivity contribution in [3.63, 3.8) is 0 Å². The van der Waals surface area contributed by atoms with Gasteiger partial charge < -0.3 is 14.4 Å². The molecule has 1 saturated heterocycles. The lowest BCUT2D eigenvalue weighted by Gasteiger charge is -2.35. The minimum atomic E-state index is -3.35. The lowest BCUT2D eigenvalue weighted by atomic mass is 10.1. The van der Waals surface area contributed by atoms with E-state index in [0.717, 1.165) is 16.8 Å². The van der Waals surface area contributed by atoms with E-state index in [4.69, 9.17) is 16.6 Å². The minimum Gasteiger partial charge on any atom is -0.369 e. The van der Waals surface area contributed by atoms with E-state index in [1.807, 2.05) is 37.1 Å². The van der Waals surface area contributed by atoms with Gasteiger partial charge in [0.25, 0.3) is 5.56 Å². The topological polar surface area (TPSA) is 103 Å². The molecule has 2 aromatic heterocycles. The first-order valence-electron chi connectivity index (χ1n) is 13.5. The fraction of sp³-hybridized carbons (Fsp3) is 0.345. The molecule has 1 aliphatic rings. The van der Waals surface area contributed by atoms with Crippen molar-refractivity contribution in [2.24, 2.45) is 0 Å². The molecular formula is C29H30ClFN6O3S2. The third kappa shape index (κ3) is 5.87. The van der Waals surface area contributed by atoms with Gasteiger partial charge in [0.05, 0.1) is 11.4 Å². The molecule has 0 spiro atoms. The summed E-state index contributed by atoms with van der Waals surface area (Å²) in [6.45, 7) is 4.14. The third-order valence-corrected chi connectivity index (χ3v) is 10.7. The maximum atomic E-state index is 13.5. The van der Waals surface area contributed by atoms with Gasteiger partial charge in [0.1, 0.15) is 22.5 Å². The molecule has 0 radical (unpaired) electrons. The quantitative estimate of drug-likeness (QED) is 0.240. The molecule has 0 aliphatic carbocycles. The molecule has 0 bridgehead atoms. The van der Waals surface area contributed by atoms with E-state index in [2.05, 4.69) is 11.0 Å². The molecule has 1 fully saturated rings. The van der Waals surface area contributed by atoms with E-state index in [9.17, 15) is 22.9 Å². The van der Waals surface area contributed by atoms with Crippen molar-refractivity contribution in [2.75, 3.05) is 54.7 Å². The number of anilines is 3. The Kier molecular flexibility index (Phi) is 8.84. The molecule has 9 nitrogen and oxygen atoms in total. The van der Waals surface area contributed by atoms with E-state index < -0.39 is 10.0 Å². The Hall–Kier alpha value is -3.50. The fourth-order valence-electron chi connectivity index (χ4n) is 5.09. The Morgan fingerprint density at radius 3 is 2.48 bits per heavy atom. The molecule has 1 aliphatic heterocycles. The number of aromatic nitrogens is 2. The van der Waals surface area contributed by atoms with Crippen LogP contribution in [-0.2, 0) is 16.6 Å². The number of aryl methyl sites for hydroxylation is 1. The van der Waals surface area contributed by atoms with E-state index >= 15 is 0 Å². The van der Waals surface area contributed by atoms with Crippen LogP contribution < -0.4 is 15.4 Å². The molecule has 42 heavy (non-hydrogen) atoms. The van der Waals surface area contributed by atoms with Crippen molar-refractivity contribution in [2.45, 2.75) is 19.9 Å². The monoisotopic (exact) mass is 628 g/mol. The summed E-state index contributed by atoms with van der Waals surface area (Å²) in [5.74, 6) is -0.0265. The van der Waals surface area contributed by atoms with Crippen LogP contribution in [0.3, 0.4) is 0 Å². The maximum Gasteiger partial charge on any atom is 0.258 e. The van der Waals surface area contributed by atoms with Crippen LogP contribution in [-0.4, -0.2) is 67.1 Å². The lowest BCUT2D eigenvalue weighted by molar-refractivity contribution is 0.385. The molecule has 220 valence electrons. The number of halogens is 2. The molecule has 4 aromatic rings. The van der Waals surface area contributed by atoms with E-state index in [-0.39, 0.29) is 17.1 Å². The first-order chi connectivity index (χ1) is 20.2. The molecular weight excluding hydrogens is 599 g/mol. The summed E-state index contributed by atoms with van der Waals surface area (Å²) in [5, 5.41) is 11.6. The van der Waals surface area contributed by atoms with E-state index in [0.29, 0.717) is 71.7 Å². The highest BCUT2D eigenvalue weighted by Crippen LogP contribution is 2.38. The van der Waals surface area contributed by atoms with Crippen LogP contribution in [0.2, 0.25) is 0 Å². The largest absolute Gasteiger partial charge is 0.369 e. The highest BCUT2D eigenvalue weighted by atomic mass is 35.5. The van der Waals surface area contributed by atoms with E-state index in [1.165, 1.54) is 27.8 Å². The van der Waals surface area contributed by atoms with Crippen LogP contribution in [0.25, 0.3) is 22.0 Å². The number of nitrogens with zero attached hydrogens (tertiary/aromatic N) is 6. The molecule has 5 rings (SSSR count). The Bertz CT molecular complexity index is 1810. The van der Waals surface area contributed by atoms with Crippen LogP contribution >= 0.6 is 22.9 Å². The van der Waals surface area contributed by atoms with Gasteiger partial charge in [-0.25, -0.2) is 17.8 Å². The molecule has 2 aromatic carbocycles. The number of hydrogen-bond donors (Lipinski definition) is 0. The van der Waals surface area contributed by atoms with Crippen molar-refractivity contribution in [3.05, 3.63) is 69.7 Å². The standard InChI is InChI=1S/C29H30ClFN6O3S2/c1-3-35-19-25(34(2)29-33-27(26(18-32)41-29)20-5-7-21(31)8-6-20)24-17-22(9-10-23(24)28(35)38)36-12-14-37(15-13-36)42(39,40)16-4-11-30/h5-10,17,19H,3-4,11-16H2,1-2H3. The Morgan fingerprint density at radius 2 is 1.83 bits per heavy atom. The zero-order valence-electron chi connectivity index (χ0n) is 23.3. The number of rotatable bonds is 9. The van der Waals surface area contributed by atoms with Crippen molar-refractivity contribution in [1.29, 1.82) is 5.26 Å². The van der Waals surface area contributed by atoms with Crippen LogP contribution in [0.4, 0.5) is 20.9 Å². The average molecular weight is 629 g/mol. The second-order valence-corrected chi connectivity index (χ2v) is 13.4. The first-order valence-corrected chi connectivity index (χ1v) is 16.5. The van der Waals surface area contributed by atoms with Crippen LogP contribution in [0.1, 0.15) is 18.2 Å². The summed E-state index contributed by atoms with van der Waals surface area (Å²) < 4.78 is 41.9. The first kappa shape index (κ1) is 30.0. The van der Waals surface area contributed by atoms with Crippen LogP contribution in [0.5, 0.6) is 0 Å². The molecule has 0 amide bonds. The lowest BCUT2D eigenvalue weighted by Crippen LogP contribution is -2.49. The summed E-state index contributed by atoms with van der Waals surface area (Å²) in [4.78, 5) is 22.4. The molecule has 0 atom stereocenters. The van der Waals surface area contributed by atoms with Gasteiger partial charge in [0, 0.05) is 73.9 Å². The number of sulfonamides is 1. The molecule has 13 heteroatoms. The SMILES string of the molecule is CCn1cc(N(C)c2nc(-c3ccc(F)cc3)c(C#N)s2)c2cc(N3CCN(S(=O)(=O)CCCCl)CC3)ccc2c1=O. The summed E-state index contributed by atoms with van der Waals surface area (Å²) in [6.07, 6.45) is 2.21. The zero-order chi connectivity index (χ0) is 30.0. The van der Waals surface area contributed by atoms with E-state index in [1.54, 1.807) is 22.9 Å². The molecule has 0 N–H and O–H groups in total. The smallest absolute Gasteiger partial charge is 0.258 e. The number of thiazole rings is 1. The second kappa shape index (κ2) is 12.4. The molecule has 0 unspecified atom stereocenters. The molecule has 0 saturated carbocycles. The summed E-state index contributed by atoms with van der Waals surface area (Å²) in [7, 11) is -1.51. The third-order valence-electron chi connectivity index (χ3n) is 7.41. The number of piperazine rings is 1. The predicted octanol–water partition coefficient (Wildman–Crippen LogP) is 5.00. The Labute approximate surface area is 253 Å². The Balaban J connectivity index is 1.51. The van der Waals surface area contributed by atoms with Crippen molar-refractivity contribution in [1.82, 2.24) is 13.9 Å². The minimum absolute atomic E-state index is 0.0407. The van der Waals surface area contributed by atoms with Gasteiger partial charge in [-0.05, 0) is 55.8 Å². The van der Waals surface area contributed by atoms with Gasteiger partial charge in [0.15, 0.2) is 5.13 Å². The summed E-state index contributed by atoms with van der Waals surface area (Å²) >= 11 is 6.92. The summed E-state index contributed by atoms with van der Waals surface area (Å²) in [6, 6.07) is 13.7. The summed E-state index contributed by atoms with van der Waals surface area (Å²) in [5.41, 5.74) is 2.61. The van der Waals surface area contributed by atoms with Crippen molar-refractivity contribution >= 4 is 60.2 Å². The maximum absolute atomic E-state index is 13.5.